The number of rotatable bonds is 7. The Bertz CT molecular complexity index is 1220. The third kappa shape index (κ3) is 5.13. The van der Waals surface area contributed by atoms with E-state index in [9.17, 15) is 15.2 Å². The Labute approximate surface area is 214 Å². The van der Waals surface area contributed by atoms with Crippen molar-refractivity contribution in [3.63, 3.8) is 0 Å². The van der Waals surface area contributed by atoms with Gasteiger partial charge in [0.1, 0.15) is 12.4 Å². The fourth-order valence-corrected chi connectivity index (χ4v) is 5.70. The average molecular weight is 537 g/mol. The minimum atomic E-state index is -0.574. The second-order valence-corrected chi connectivity index (χ2v) is 10.0. The molecule has 0 radical (unpaired) electrons. The van der Waals surface area contributed by atoms with Gasteiger partial charge in [0.2, 0.25) is 0 Å². The molecule has 4 rings (SSSR count). The molecule has 1 heterocycles. The van der Waals surface area contributed by atoms with Crippen molar-refractivity contribution >= 4 is 27.4 Å². The Balaban J connectivity index is 1.67. The van der Waals surface area contributed by atoms with Crippen LogP contribution in [0.3, 0.4) is 0 Å². The lowest BCUT2D eigenvalue weighted by molar-refractivity contribution is -0.117. The molecule has 0 fully saturated rings. The quantitative estimate of drug-likeness (QED) is 0.437. The van der Waals surface area contributed by atoms with Gasteiger partial charge in [0.25, 0.3) is 0 Å². The van der Waals surface area contributed by atoms with Crippen molar-refractivity contribution in [1.29, 1.82) is 5.26 Å². The minimum absolute atomic E-state index is 0.0524. The second kappa shape index (κ2) is 10.7. The maximum Gasteiger partial charge on any atom is 0.175 e. The number of ketones is 1. The van der Waals surface area contributed by atoms with E-state index in [-0.39, 0.29) is 24.1 Å². The molecule has 3 unspecified atom stereocenters. The molecule has 0 saturated heterocycles. The number of hydrogen-bond acceptors (Lipinski definition) is 6. The van der Waals surface area contributed by atoms with Crippen LogP contribution in [-0.4, -0.2) is 23.7 Å². The van der Waals surface area contributed by atoms with E-state index in [0.29, 0.717) is 33.5 Å². The van der Waals surface area contributed by atoms with E-state index in [2.05, 4.69) is 28.9 Å². The SMILES string of the molecule is CCCC1CC(=O)C2=C(C1)N=C(C)C(C#N)C2c1cc(O)c(OCc2cccc(OC)c2)c(Br)c1. The molecule has 0 aromatic heterocycles. The number of benzene rings is 2. The van der Waals surface area contributed by atoms with Gasteiger partial charge in [-0.3, -0.25) is 9.79 Å². The van der Waals surface area contributed by atoms with Gasteiger partial charge in [0, 0.05) is 29.3 Å². The number of carbonyl (C=O) groups excluding carboxylic acids is 1. The summed E-state index contributed by atoms with van der Waals surface area (Å²) in [6.45, 7) is 4.21. The summed E-state index contributed by atoms with van der Waals surface area (Å²) >= 11 is 3.53. The number of halogens is 1. The summed E-state index contributed by atoms with van der Waals surface area (Å²) in [5, 5.41) is 20.9. The first kappa shape index (κ1) is 25.0. The number of phenolic OH excluding ortho intramolecular Hbond substituents is 1. The molecule has 2 aromatic rings. The molecule has 3 atom stereocenters. The molecule has 2 aromatic carbocycles. The number of allylic oxidation sites excluding steroid dienone is 2. The molecule has 1 aliphatic heterocycles. The zero-order valence-electron chi connectivity index (χ0n) is 20.2. The van der Waals surface area contributed by atoms with Gasteiger partial charge in [-0.2, -0.15) is 5.26 Å². The largest absolute Gasteiger partial charge is 0.504 e. The molecule has 0 spiro atoms. The molecule has 1 N–H and O–H groups in total. The predicted octanol–water partition coefficient (Wildman–Crippen LogP) is 6.47. The van der Waals surface area contributed by atoms with Crippen molar-refractivity contribution in [2.75, 3.05) is 7.11 Å². The maximum atomic E-state index is 13.3. The lowest BCUT2D eigenvalue weighted by atomic mass is 9.70. The van der Waals surface area contributed by atoms with Crippen molar-refractivity contribution < 1.29 is 19.4 Å². The van der Waals surface area contributed by atoms with Gasteiger partial charge in [-0.05, 0) is 77.0 Å². The van der Waals surface area contributed by atoms with Crippen LogP contribution in [0.2, 0.25) is 0 Å². The zero-order valence-corrected chi connectivity index (χ0v) is 21.8. The van der Waals surface area contributed by atoms with Crippen LogP contribution in [0.1, 0.15) is 56.6 Å². The molecule has 2 aliphatic rings. The van der Waals surface area contributed by atoms with Gasteiger partial charge in [0.15, 0.2) is 17.3 Å². The van der Waals surface area contributed by atoms with Gasteiger partial charge in [-0.25, -0.2) is 0 Å². The number of aromatic hydroxyl groups is 1. The number of phenols is 1. The summed E-state index contributed by atoms with van der Waals surface area (Å²) < 4.78 is 11.7. The lowest BCUT2D eigenvalue weighted by Crippen LogP contribution is -2.32. The number of hydrogen-bond donors (Lipinski definition) is 1. The first-order valence-electron chi connectivity index (χ1n) is 11.8. The van der Waals surface area contributed by atoms with Crippen LogP contribution in [0.15, 0.2) is 57.1 Å². The highest BCUT2D eigenvalue weighted by Gasteiger charge is 2.41. The third-order valence-electron chi connectivity index (χ3n) is 6.73. The van der Waals surface area contributed by atoms with Crippen molar-refractivity contribution in [3.8, 4) is 23.3 Å². The number of aliphatic imine (C=N–C) groups is 1. The van der Waals surface area contributed by atoms with Crippen LogP contribution in [0.5, 0.6) is 17.2 Å². The van der Waals surface area contributed by atoms with E-state index in [0.717, 1.165) is 36.3 Å². The number of nitriles is 1. The molecule has 7 heteroatoms. The van der Waals surface area contributed by atoms with Crippen LogP contribution >= 0.6 is 15.9 Å². The monoisotopic (exact) mass is 536 g/mol. The number of Topliss-reactive ketones (excluding diaryl/α,β-unsaturated/α-hetero) is 1. The zero-order chi connectivity index (χ0) is 25.1. The van der Waals surface area contributed by atoms with Crippen LogP contribution in [0.25, 0.3) is 0 Å². The fourth-order valence-electron chi connectivity index (χ4n) is 5.12. The molecular formula is C28H29BrN2O4. The second-order valence-electron chi connectivity index (χ2n) is 9.18. The van der Waals surface area contributed by atoms with Crippen molar-refractivity contribution in [2.45, 2.75) is 52.1 Å². The van der Waals surface area contributed by atoms with E-state index in [1.807, 2.05) is 37.3 Å². The summed E-state index contributed by atoms with van der Waals surface area (Å²) in [4.78, 5) is 18.0. The van der Waals surface area contributed by atoms with Crippen LogP contribution < -0.4 is 9.47 Å². The number of carbonyl (C=O) groups is 1. The topological polar surface area (TPSA) is 91.9 Å². The van der Waals surface area contributed by atoms with E-state index >= 15 is 0 Å². The van der Waals surface area contributed by atoms with Gasteiger partial charge in [0.05, 0.1) is 23.6 Å². The number of methoxy groups -OCH3 is 1. The van der Waals surface area contributed by atoms with Crippen molar-refractivity contribution in [3.05, 3.63) is 63.3 Å². The summed E-state index contributed by atoms with van der Waals surface area (Å²) in [7, 11) is 1.61. The van der Waals surface area contributed by atoms with Crippen LogP contribution in [0.4, 0.5) is 0 Å². The molecule has 0 amide bonds. The Morgan fingerprint density at radius 1 is 1.26 bits per heavy atom. The first-order chi connectivity index (χ1) is 16.9. The molecular weight excluding hydrogens is 508 g/mol. The Hall–Kier alpha value is -3.11. The Morgan fingerprint density at radius 2 is 2.06 bits per heavy atom. The smallest absolute Gasteiger partial charge is 0.175 e. The highest BCUT2D eigenvalue weighted by atomic mass is 79.9. The maximum absolute atomic E-state index is 13.3. The molecule has 0 saturated carbocycles. The van der Waals surface area contributed by atoms with Gasteiger partial charge in [-0.15, -0.1) is 0 Å². The van der Waals surface area contributed by atoms with Crippen LogP contribution in [0, 0.1) is 23.2 Å². The molecule has 6 nitrogen and oxygen atoms in total. The van der Waals surface area contributed by atoms with Crippen molar-refractivity contribution in [1.82, 2.24) is 0 Å². The van der Waals surface area contributed by atoms with E-state index in [1.54, 1.807) is 13.2 Å². The van der Waals surface area contributed by atoms with Gasteiger partial charge >= 0.3 is 0 Å². The predicted molar refractivity (Wildman–Crippen MR) is 138 cm³/mol. The van der Waals surface area contributed by atoms with Gasteiger partial charge < -0.3 is 14.6 Å². The van der Waals surface area contributed by atoms with Crippen LogP contribution in [-0.2, 0) is 11.4 Å². The summed E-state index contributed by atoms with van der Waals surface area (Å²) in [6, 6.07) is 13.3. The fraction of sp³-hybridized carbons (Fsp3) is 0.393. The summed E-state index contributed by atoms with van der Waals surface area (Å²) in [6.07, 6.45) is 3.22. The normalized spacial score (nSPS) is 21.7. The highest BCUT2D eigenvalue weighted by molar-refractivity contribution is 9.10. The minimum Gasteiger partial charge on any atom is -0.504 e. The van der Waals surface area contributed by atoms with E-state index in [1.165, 1.54) is 0 Å². The van der Waals surface area contributed by atoms with E-state index < -0.39 is 11.8 Å². The van der Waals surface area contributed by atoms with Crippen molar-refractivity contribution in [2.24, 2.45) is 16.8 Å². The van der Waals surface area contributed by atoms with E-state index in [4.69, 9.17) is 14.5 Å². The average Bonchev–Trinajstić information content (AvgIpc) is 2.82. The molecule has 182 valence electrons. The number of nitrogens with zero attached hydrogens (tertiary/aromatic N) is 2. The Kier molecular flexibility index (Phi) is 7.61. The third-order valence-corrected chi connectivity index (χ3v) is 7.32. The standard InChI is InChI=1S/C28H29BrN2O4/c1-4-6-17-10-23-27(24(32)11-17)26(21(14-30)16(2)31-23)19-12-22(29)28(25(33)13-19)35-15-18-7-5-8-20(9-18)34-3/h5,7-9,12-13,17,21,26,33H,4,6,10-11,15H2,1-3H3. The summed E-state index contributed by atoms with van der Waals surface area (Å²) in [5.41, 5.74) is 3.70. The molecule has 0 bridgehead atoms. The molecule has 1 aliphatic carbocycles. The summed E-state index contributed by atoms with van der Waals surface area (Å²) in [5.74, 6) is 0.271. The highest BCUT2D eigenvalue weighted by Crippen LogP contribution is 2.47. The lowest BCUT2D eigenvalue weighted by Gasteiger charge is -2.35. The van der Waals surface area contributed by atoms with Gasteiger partial charge in [-0.1, -0.05) is 25.5 Å². The first-order valence-corrected chi connectivity index (χ1v) is 12.6. The Morgan fingerprint density at radius 3 is 2.74 bits per heavy atom. The number of ether oxygens (including phenoxy) is 2. The molecule has 35 heavy (non-hydrogen) atoms.